The van der Waals surface area contributed by atoms with Gasteiger partial charge in [0.2, 0.25) is 0 Å². The van der Waals surface area contributed by atoms with Gasteiger partial charge >= 0.3 is 0 Å². The van der Waals surface area contributed by atoms with Gasteiger partial charge in [0.05, 0.1) is 16.7 Å². The number of benzene rings is 3. The van der Waals surface area contributed by atoms with Crippen LogP contribution < -0.4 is 5.32 Å². The van der Waals surface area contributed by atoms with Gasteiger partial charge in [-0.3, -0.25) is 9.89 Å². The van der Waals surface area contributed by atoms with Crippen LogP contribution in [-0.4, -0.2) is 25.7 Å². The van der Waals surface area contributed by atoms with Gasteiger partial charge < -0.3 is 9.88 Å². The number of aromatic nitrogens is 4. The van der Waals surface area contributed by atoms with Crippen LogP contribution in [0.3, 0.4) is 0 Å². The molecule has 34 heavy (non-hydrogen) atoms. The molecule has 6 heteroatoms. The van der Waals surface area contributed by atoms with Crippen molar-refractivity contribution in [3.05, 3.63) is 102 Å². The third-order valence-electron chi connectivity index (χ3n) is 6.21. The van der Waals surface area contributed by atoms with E-state index >= 15 is 0 Å². The summed E-state index contributed by atoms with van der Waals surface area (Å²) in [6.07, 6.45) is 2.73. The molecule has 2 N–H and O–H groups in total. The molecular weight excluding hydrogens is 422 g/mol. The highest BCUT2D eigenvalue weighted by atomic mass is 16.1. The fraction of sp³-hybridized carbons (Fsp3) is 0.179. The molecular formula is C28H27N5O. The molecule has 0 unspecified atom stereocenters. The topological polar surface area (TPSA) is 75.6 Å². The van der Waals surface area contributed by atoms with Gasteiger partial charge in [0.1, 0.15) is 11.5 Å². The van der Waals surface area contributed by atoms with Crippen LogP contribution >= 0.6 is 0 Å². The van der Waals surface area contributed by atoms with Gasteiger partial charge in [0, 0.05) is 24.7 Å². The van der Waals surface area contributed by atoms with E-state index in [2.05, 4.69) is 52.3 Å². The lowest BCUT2D eigenvalue weighted by atomic mass is 10.1. The molecule has 0 aliphatic carbocycles. The summed E-state index contributed by atoms with van der Waals surface area (Å²) in [5.41, 5.74) is 7.56. The molecule has 1 amide bonds. The number of aromatic amines is 1. The first-order valence-electron chi connectivity index (χ1n) is 11.6. The number of nitrogens with one attached hydrogen (secondary N) is 2. The Labute approximate surface area is 198 Å². The van der Waals surface area contributed by atoms with Gasteiger partial charge in [-0.2, -0.15) is 5.10 Å². The predicted molar refractivity (Wildman–Crippen MR) is 136 cm³/mol. The largest absolute Gasteiger partial charge is 0.331 e. The molecule has 0 radical (unpaired) electrons. The second kappa shape index (κ2) is 9.35. The lowest BCUT2D eigenvalue weighted by molar-refractivity contribution is 0.102. The first-order chi connectivity index (χ1) is 16.6. The Bertz CT molecular complexity index is 1430. The van der Waals surface area contributed by atoms with Crippen molar-refractivity contribution in [2.75, 3.05) is 5.32 Å². The summed E-state index contributed by atoms with van der Waals surface area (Å²) < 4.78 is 2.15. The molecule has 0 aliphatic rings. The van der Waals surface area contributed by atoms with Crippen LogP contribution in [0.2, 0.25) is 0 Å². The number of hydrogen-bond acceptors (Lipinski definition) is 3. The maximum atomic E-state index is 12.7. The molecule has 0 fully saturated rings. The number of anilines is 1. The summed E-state index contributed by atoms with van der Waals surface area (Å²) in [6, 6.07) is 26.2. The number of amides is 1. The fourth-order valence-corrected chi connectivity index (χ4v) is 4.13. The Kier molecular flexibility index (Phi) is 5.95. The van der Waals surface area contributed by atoms with E-state index in [4.69, 9.17) is 4.98 Å². The Morgan fingerprint density at radius 1 is 0.941 bits per heavy atom. The highest BCUT2D eigenvalue weighted by molar-refractivity contribution is 6.03. The Balaban J connectivity index is 1.20. The van der Waals surface area contributed by atoms with Crippen molar-refractivity contribution in [2.45, 2.75) is 26.2 Å². The van der Waals surface area contributed by atoms with Crippen molar-refractivity contribution in [3.8, 4) is 11.3 Å². The number of para-hydroxylation sites is 2. The summed E-state index contributed by atoms with van der Waals surface area (Å²) in [6.45, 7) is 2.13. The average molecular weight is 450 g/mol. The molecule has 0 spiro atoms. The number of rotatable bonds is 7. The smallest absolute Gasteiger partial charge is 0.273 e. The Morgan fingerprint density at radius 3 is 2.41 bits per heavy atom. The van der Waals surface area contributed by atoms with E-state index in [1.54, 1.807) is 6.07 Å². The minimum atomic E-state index is -0.212. The van der Waals surface area contributed by atoms with Crippen LogP contribution in [0.4, 0.5) is 5.69 Å². The van der Waals surface area contributed by atoms with E-state index < -0.39 is 0 Å². The summed E-state index contributed by atoms with van der Waals surface area (Å²) in [5, 5.41) is 10.1. The number of H-pyrrole nitrogens is 1. The van der Waals surface area contributed by atoms with Gasteiger partial charge in [-0.25, -0.2) is 4.98 Å². The number of nitrogens with zero attached hydrogens (tertiary/aromatic N) is 3. The van der Waals surface area contributed by atoms with E-state index in [1.165, 1.54) is 11.1 Å². The zero-order chi connectivity index (χ0) is 23.5. The van der Waals surface area contributed by atoms with Gasteiger partial charge in [-0.05, 0) is 54.3 Å². The summed E-state index contributed by atoms with van der Waals surface area (Å²) in [4.78, 5) is 17.4. The average Bonchev–Trinajstić information content (AvgIpc) is 3.49. The van der Waals surface area contributed by atoms with Crippen molar-refractivity contribution < 1.29 is 4.79 Å². The third-order valence-corrected chi connectivity index (χ3v) is 6.21. The number of carbonyl (C=O) groups is 1. The predicted octanol–water partition coefficient (Wildman–Crippen LogP) is 5.56. The van der Waals surface area contributed by atoms with Gasteiger partial charge in [0.25, 0.3) is 5.91 Å². The summed E-state index contributed by atoms with van der Waals surface area (Å²) >= 11 is 0. The van der Waals surface area contributed by atoms with E-state index in [0.29, 0.717) is 5.69 Å². The monoisotopic (exact) mass is 449 g/mol. The molecule has 0 saturated heterocycles. The van der Waals surface area contributed by atoms with Gasteiger partial charge in [-0.15, -0.1) is 0 Å². The highest BCUT2D eigenvalue weighted by Gasteiger charge is 2.12. The second-order valence-electron chi connectivity index (χ2n) is 8.44. The van der Waals surface area contributed by atoms with Crippen molar-refractivity contribution in [1.82, 2.24) is 19.7 Å². The van der Waals surface area contributed by atoms with Gasteiger partial charge in [-0.1, -0.05) is 55.5 Å². The van der Waals surface area contributed by atoms with E-state index in [-0.39, 0.29) is 5.91 Å². The molecule has 0 bridgehead atoms. The van der Waals surface area contributed by atoms with E-state index in [9.17, 15) is 4.79 Å². The highest BCUT2D eigenvalue weighted by Crippen LogP contribution is 2.20. The SMILES string of the molecule is CCc1ccc(-c2cc(C(=O)Nc3ccc(CCc4nc5ccccc5n4C)cc3)[nH]n2)cc1. The first kappa shape index (κ1) is 21.6. The molecule has 5 aromatic rings. The number of imidazole rings is 1. The van der Waals surface area contributed by atoms with E-state index in [1.807, 2.05) is 54.6 Å². The molecule has 170 valence electrons. The molecule has 5 rings (SSSR count). The minimum Gasteiger partial charge on any atom is -0.331 e. The molecule has 0 atom stereocenters. The van der Waals surface area contributed by atoms with Crippen LogP contribution in [0.25, 0.3) is 22.3 Å². The lowest BCUT2D eigenvalue weighted by Crippen LogP contribution is -2.12. The Hall–Kier alpha value is -4.19. The van der Waals surface area contributed by atoms with E-state index in [0.717, 1.165) is 53.1 Å². The van der Waals surface area contributed by atoms with Gasteiger partial charge in [0.15, 0.2) is 0 Å². The van der Waals surface area contributed by atoms with Crippen LogP contribution in [0.15, 0.2) is 78.9 Å². The van der Waals surface area contributed by atoms with Crippen LogP contribution in [0, 0.1) is 0 Å². The van der Waals surface area contributed by atoms with Crippen LogP contribution in [0.1, 0.15) is 34.4 Å². The maximum Gasteiger partial charge on any atom is 0.273 e. The second-order valence-corrected chi connectivity index (χ2v) is 8.44. The molecule has 2 heterocycles. The fourth-order valence-electron chi connectivity index (χ4n) is 4.13. The zero-order valence-electron chi connectivity index (χ0n) is 19.4. The van der Waals surface area contributed by atoms with Crippen LogP contribution in [0.5, 0.6) is 0 Å². The number of carbonyl (C=O) groups excluding carboxylic acids is 1. The number of fused-ring (bicyclic) bond motifs is 1. The lowest BCUT2D eigenvalue weighted by Gasteiger charge is -2.06. The van der Waals surface area contributed by atoms with Crippen molar-refractivity contribution in [1.29, 1.82) is 0 Å². The molecule has 6 nitrogen and oxygen atoms in total. The first-order valence-corrected chi connectivity index (χ1v) is 11.6. The summed E-state index contributed by atoms with van der Waals surface area (Å²) in [5.74, 6) is 0.856. The third kappa shape index (κ3) is 4.48. The quantitative estimate of drug-likeness (QED) is 0.341. The Morgan fingerprint density at radius 2 is 1.68 bits per heavy atom. The van der Waals surface area contributed by atoms with Crippen molar-refractivity contribution in [2.24, 2.45) is 7.05 Å². The molecule has 2 aromatic heterocycles. The maximum absolute atomic E-state index is 12.7. The zero-order valence-corrected chi connectivity index (χ0v) is 19.4. The van der Waals surface area contributed by atoms with Crippen molar-refractivity contribution in [3.63, 3.8) is 0 Å². The normalized spacial score (nSPS) is 11.1. The molecule has 0 saturated carbocycles. The van der Waals surface area contributed by atoms with Crippen LogP contribution in [-0.2, 0) is 26.3 Å². The number of hydrogen-bond donors (Lipinski definition) is 2. The molecule has 3 aromatic carbocycles. The van der Waals surface area contributed by atoms with Crippen molar-refractivity contribution >= 4 is 22.6 Å². The minimum absolute atomic E-state index is 0.212. The number of aryl methyl sites for hydroxylation is 4. The molecule has 0 aliphatic heterocycles. The summed E-state index contributed by atoms with van der Waals surface area (Å²) in [7, 11) is 2.06. The standard InChI is InChI=1S/C28H27N5O/c1-3-19-8-13-21(14-9-19)24-18-25(32-31-24)28(34)29-22-15-10-20(11-16-22)12-17-27-30-23-6-4-5-7-26(23)33(27)2/h4-11,13-16,18H,3,12,17H2,1-2H3,(H,29,34)(H,31,32).